The summed E-state index contributed by atoms with van der Waals surface area (Å²) in [7, 11) is 1.69. The van der Waals surface area contributed by atoms with Crippen LogP contribution in [0.4, 0.5) is 5.82 Å². The van der Waals surface area contributed by atoms with E-state index in [9.17, 15) is 9.59 Å². The van der Waals surface area contributed by atoms with Gasteiger partial charge in [0.25, 0.3) is 0 Å². The lowest BCUT2D eigenvalue weighted by atomic mass is 9.94. The summed E-state index contributed by atoms with van der Waals surface area (Å²) in [5, 5.41) is 6.08. The summed E-state index contributed by atoms with van der Waals surface area (Å²) in [5.74, 6) is -0.329. The molecule has 1 fully saturated rings. The summed E-state index contributed by atoms with van der Waals surface area (Å²) >= 11 is 0. The number of rotatable bonds is 2. The van der Waals surface area contributed by atoms with Crippen LogP contribution in [-0.2, 0) is 9.59 Å². The largest absolute Gasteiger partial charge is 0.360 e. The summed E-state index contributed by atoms with van der Waals surface area (Å²) in [6.07, 6.45) is 5.39. The number of amides is 2. The second-order valence-electron chi connectivity index (χ2n) is 4.98. The lowest BCUT2D eigenvalue weighted by Crippen LogP contribution is -2.44. The van der Waals surface area contributed by atoms with Gasteiger partial charge < -0.3 is 9.42 Å². The number of carbonyl (C=O) groups excluding carboxylic acids is 2. The molecule has 104 valence electrons. The first-order valence-corrected chi connectivity index (χ1v) is 6.59. The lowest BCUT2D eigenvalue weighted by molar-refractivity contribution is -0.144. The lowest BCUT2D eigenvalue weighted by Gasteiger charge is -2.30. The number of likely N-dealkylation sites (N-methyl/N-ethyl adjacent to an activating group) is 1. The van der Waals surface area contributed by atoms with Crippen molar-refractivity contribution < 1.29 is 14.1 Å². The summed E-state index contributed by atoms with van der Waals surface area (Å²) < 4.78 is 4.83. The Balaban J connectivity index is 1.92. The first-order valence-electron chi connectivity index (χ1n) is 6.59. The Morgan fingerprint density at radius 2 is 2.05 bits per heavy atom. The van der Waals surface area contributed by atoms with E-state index < -0.39 is 11.8 Å². The van der Waals surface area contributed by atoms with Crippen molar-refractivity contribution in [2.24, 2.45) is 0 Å². The van der Waals surface area contributed by atoms with Crippen molar-refractivity contribution in [3.63, 3.8) is 0 Å². The topological polar surface area (TPSA) is 75.4 Å². The van der Waals surface area contributed by atoms with Crippen molar-refractivity contribution in [1.29, 1.82) is 0 Å². The third-order valence-electron chi connectivity index (χ3n) is 3.51. The van der Waals surface area contributed by atoms with Crippen molar-refractivity contribution in [3.05, 3.63) is 11.8 Å². The number of carbonyl (C=O) groups is 2. The maximum atomic E-state index is 12.0. The zero-order valence-electron chi connectivity index (χ0n) is 11.3. The van der Waals surface area contributed by atoms with Crippen LogP contribution in [0, 0.1) is 6.92 Å². The van der Waals surface area contributed by atoms with Crippen molar-refractivity contribution in [1.82, 2.24) is 10.1 Å². The summed E-state index contributed by atoms with van der Waals surface area (Å²) in [4.78, 5) is 25.4. The van der Waals surface area contributed by atoms with E-state index >= 15 is 0 Å². The average Bonchev–Trinajstić information content (AvgIpc) is 2.83. The first-order chi connectivity index (χ1) is 9.08. The Kier molecular flexibility index (Phi) is 4.19. The number of nitrogens with zero attached hydrogens (tertiary/aromatic N) is 2. The number of anilines is 1. The van der Waals surface area contributed by atoms with Crippen molar-refractivity contribution >= 4 is 17.6 Å². The van der Waals surface area contributed by atoms with E-state index in [1.807, 2.05) is 0 Å². The molecule has 19 heavy (non-hydrogen) atoms. The van der Waals surface area contributed by atoms with Crippen LogP contribution in [0.25, 0.3) is 0 Å². The van der Waals surface area contributed by atoms with Crippen molar-refractivity contribution in [2.45, 2.75) is 45.1 Å². The normalized spacial score (nSPS) is 16.1. The monoisotopic (exact) mass is 265 g/mol. The molecule has 0 atom stereocenters. The Morgan fingerprint density at radius 3 is 2.63 bits per heavy atom. The predicted octanol–water partition coefficient (Wildman–Crippen LogP) is 1.71. The molecular weight excluding hydrogens is 246 g/mol. The quantitative estimate of drug-likeness (QED) is 0.826. The molecule has 1 saturated carbocycles. The zero-order valence-corrected chi connectivity index (χ0v) is 11.3. The van der Waals surface area contributed by atoms with Gasteiger partial charge in [-0.2, -0.15) is 0 Å². The highest BCUT2D eigenvalue weighted by Crippen LogP contribution is 2.21. The van der Waals surface area contributed by atoms with E-state index in [1.165, 1.54) is 6.42 Å². The van der Waals surface area contributed by atoms with Crippen molar-refractivity contribution in [3.8, 4) is 0 Å². The first kappa shape index (κ1) is 13.6. The van der Waals surface area contributed by atoms with Crippen LogP contribution in [0.1, 0.15) is 37.9 Å². The summed E-state index contributed by atoms with van der Waals surface area (Å²) in [6, 6.07) is 1.75. The van der Waals surface area contributed by atoms with Gasteiger partial charge in [0.2, 0.25) is 0 Å². The molecule has 0 aromatic carbocycles. The minimum atomic E-state index is -0.665. The minimum absolute atomic E-state index is 0.172. The zero-order chi connectivity index (χ0) is 13.8. The fourth-order valence-electron chi connectivity index (χ4n) is 2.39. The van der Waals surface area contributed by atoms with Crippen LogP contribution in [0.2, 0.25) is 0 Å². The highest BCUT2D eigenvalue weighted by molar-refractivity contribution is 6.39. The molecule has 2 rings (SSSR count). The smallest absolute Gasteiger partial charge is 0.315 e. The van der Waals surface area contributed by atoms with Gasteiger partial charge in [-0.3, -0.25) is 14.9 Å². The molecule has 0 unspecified atom stereocenters. The molecule has 6 nitrogen and oxygen atoms in total. The Bertz CT molecular complexity index is 463. The van der Waals surface area contributed by atoms with E-state index in [4.69, 9.17) is 4.52 Å². The third kappa shape index (κ3) is 3.33. The molecule has 0 aliphatic heterocycles. The van der Waals surface area contributed by atoms with Gasteiger partial charge in [-0.1, -0.05) is 24.4 Å². The second kappa shape index (κ2) is 5.86. The highest BCUT2D eigenvalue weighted by atomic mass is 16.5. The number of aromatic nitrogens is 1. The van der Waals surface area contributed by atoms with Gasteiger partial charge in [0.1, 0.15) is 5.76 Å². The third-order valence-corrected chi connectivity index (χ3v) is 3.51. The standard InChI is InChI=1S/C13H19N3O3/c1-9-8-11(15-19-9)14-12(17)13(18)16(2)10-6-4-3-5-7-10/h8,10H,3-7H2,1-2H3,(H,14,15,17). The maximum absolute atomic E-state index is 12.0. The maximum Gasteiger partial charge on any atom is 0.315 e. The van der Waals surface area contributed by atoms with E-state index in [-0.39, 0.29) is 11.9 Å². The fourth-order valence-corrected chi connectivity index (χ4v) is 2.39. The predicted molar refractivity (Wildman–Crippen MR) is 69.5 cm³/mol. The van der Waals surface area contributed by atoms with E-state index in [0.717, 1.165) is 25.7 Å². The Morgan fingerprint density at radius 1 is 1.37 bits per heavy atom. The Labute approximate surface area is 112 Å². The molecule has 0 saturated heterocycles. The van der Waals surface area contributed by atoms with Crippen LogP contribution < -0.4 is 5.32 Å². The number of aryl methyl sites for hydroxylation is 1. The van der Waals surface area contributed by atoms with Gasteiger partial charge in [-0.05, 0) is 19.8 Å². The second-order valence-corrected chi connectivity index (χ2v) is 4.98. The Hall–Kier alpha value is -1.85. The molecule has 0 spiro atoms. The van der Waals surface area contributed by atoms with Crippen LogP contribution in [0.3, 0.4) is 0 Å². The molecule has 0 radical (unpaired) electrons. The summed E-state index contributed by atoms with van der Waals surface area (Å²) in [5.41, 5.74) is 0. The van der Waals surface area contributed by atoms with Crippen LogP contribution in [0.5, 0.6) is 0 Å². The molecule has 1 aliphatic rings. The van der Waals surface area contributed by atoms with Gasteiger partial charge in [-0.25, -0.2) is 0 Å². The number of nitrogens with one attached hydrogen (secondary N) is 1. The van der Waals surface area contributed by atoms with E-state index in [0.29, 0.717) is 5.76 Å². The van der Waals surface area contributed by atoms with E-state index in [1.54, 1.807) is 24.9 Å². The van der Waals surface area contributed by atoms with Gasteiger partial charge in [0.05, 0.1) is 0 Å². The summed E-state index contributed by atoms with van der Waals surface area (Å²) in [6.45, 7) is 1.72. The van der Waals surface area contributed by atoms with Crippen LogP contribution >= 0.6 is 0 Å². The molecule has 1 N–H and O–H groups in total. The molecular formula is C13H19N3O3. The van der Waals surface area contributed by atoms with Gasteiger partial charge in [0.15, 0.2) is 5.82 Å². The molecule has 1 heterocycles. The molecule has 1 aromatic rings. The van der Waals surface area contributed by atoms with Gasteiger partial charge in [-0.15, -0.1) is 0 Å². The van der Waals surface area contributed by atoms with Crippen molar-refractivity contribution in [2.75, 3.05) is 12.4 Å². The van der Waals surface area contributed by atoms with E-state index in [2.05, 4.69) is 10.5 Å². The SMILES string of the molecule is Cc1cc(NC(=O)C(=O)N(C)C2CCCCC2)no1. The molecule has 1 aliphatic carbocycles. The average molecular weight is 265 g/mol. The fraction of sp³-hybridized carbons (Fsp3) is 0.615. The van der Waals surface area contributed by atoms with Crippen LogP contribution in [-0.4, -0.2) is 35.0 Å². The molecule has 6 heteroatoms. The molecule has 0 bridgehead atoms. The van der Waals surface area contributed by atoms with Gasteiger partial charge >= 0.3 is 11.8 Å². The number of hydrogen-bond acceptors (Lipinski definition) is 4. The number of hydrogen-bond donors (Lipinski definition) is 1. The van der Waals surface area contributed by atoms with Crippen LogP contribution in [0.15, 0.2) is 10.6 Å². The van der Waals surface area contributed by atoms with Gasteiger partial charge in [0, 0.05) is 19.2 Å². The minimum Gasteiger partial charge on any atom is -0.360 e. The highest BCUT2D eigenvalue weighted by Gasteiger charge is 2.27. The molecule has 1 aromatic heterocycles. The molecule has 2 amide bonds.